The molecule has 0 spiro atoms. The monoisotopic (exact) mass is 426 g/mol. The molecular formula is C23H26N2O6. The van der Waals surface area contributed by atoms with Crippen molar-refractivity contribution in [2.45, 2.75) is 25.8 Å². The van der Waals surface area contributed by atoms with Crippen molar-refractivity contribution >= 4 is 11.8 Å². The predicted molar refractivity (Wildman–Crippen MR) is 116 cm³/mol. The van der Waals surface area contributed by atoms with E-state index in [0.29, 0.717) is 41.2 Å². The van der Waals surface area contributed by atoms with E-state index < -0.39 is 17.4 Å². The van der Waals surface area contributed by atoms with E-state index in [1.165, 1.54) is 40.3 Å². The number of nitrogens with one attached hydrogen (secondary N) is 2. The van der Waals surface area contributed by atoms with Crippen molar-refractivity contribution in [2.75, 3.05) is 28.4 Å². The highest BCUT2D eigenvalue weighted by Crippen LogP contribution is 2.50. The Hall–Kier alpha value is -3.55. The smallest absolute Gasteiger partial charge is 0.254 e. The molecule has 0 aromatic heterocycles. The van der Waals surface area contributed by atoms with Crippen LogP contribution in [-0.2, 0) is 11.2 Å². The Kier molecular flexibility index (Phi) is 6.48. The van der Waals surface area contributed by atoms with Gasteiger partial charge in [0.1, 0.15) is 0 Å². The van der Waals surface area contributed by atoms with Gasteiger partial charge in [-0.1, -0.05) is 6.07 Å². The Morgan fingerprint density at radius 3 is 2.32 bits per heavy atom. The SMILES string of the molecule is CNC(=O)c1ccc2c(cc1=O)C(NC(C)=O)CCc1cc(OC)c(OC)c(OC)c1-2. The summed E-state index contributed by atoms with van der Waals surface area (Å²) < 4.78 is 16.8. The zero-order chi connectivity index (χ0) is 22.7. The average Bonchev–Trinajstić information content (AvgIpc) is 3.00. The number of rotatable bonds is 5. The van der Waals surface area contributed by atoms with Crippen LogP contribution in [0.2, 0.25) is 0 Å². The van der Waals surface area contributed by atoms with Gasteiger partial charge < -0.3 is 24.8 Å². The summed E-state index contributed by atoms with van der Waals surface area (Å²) >= 11 is 0. The van der Waals surface area contributed by atoms with Gasteiger partial charge in [-0.25, -0.2) is 0 Å². The molecule has 0 bridgehead atoms. The third-order valence-electron chi connectivity index (χ3n) is 5.39. The molecule has 2 amide bonds. The molecule has 31 heavy (non-hydrogen) atoms. The second-order valence-corrected chi connectivity index (χ2v) is 7.17. The molecule has 0 saturated heterocycles. The third kappa shape index (κ3) is 4.05. The fourth-order valence-corrected chi connectivity index (χ4v) is 4.03. The summed E-state index contributed by atoms with van der Waals surface area (Å²) in [4.78, 5) is 37.0. The molecule has 0 fully saturated rings. The number of benzene rings is 1. The lowest BCUT2D eigenvalue weighted by atomic mass is 9.95. The minimum absolute atomic E-state index is 0.0122. The van der Waals surface area contributed by atoms with Gasteiger partial charge >= 0.3 is 0 Å². The minimum atomic E-state index is -0.481. The first kappa shape index (κ1) is 22.1. The fourth-order valence-electron chi connectivity index (χ4n) is 4.03. The molecule has 8 heteroatoms. The Morgan fingerprint density at radius 1 is 1.03 bits per heavy atom. The maximum absolute atomic E-state index is 12.9. The third-order valence-corrected chi connectivity index (χ3v) is 5.39. The summed E-state index contributed by atoms with van der Waals surface area (Å²) in [5, 5.41) is 5.42. The number of amides is 2. The van der Waals surface area contributed by atoms with Crippen LogP contribution in [0.3, 0.4) is 0 Å². The molecule has 2 aromatic rings. The first-order valence-electron chi connectivity index (χ1n) is 9.85. The highest BCUT2D eigenvalue weighted by atomic mass is 16.5. The number of methoxy groups -OCH3 is 3. The number of aryl methyl sites for hydroxylation is 1. The molecule has 0 aliphatic heterocycles. The number of ether oxygens (including phenoxy) is 3. The van der Waals surface area contributed by atoms with Crippen LogP contribution in [0.25, 0.3) is 11.1 Å². The van der Waals surface area contributed by atoms with Crippen LogP contribution in [0.1, 0.15) is 40.9 Å². The quantitative estimate of drug-likeness (QED) is 0.760. The average molecular weight is 426 g/mol. The summed E-state index contributed by atoms with van der Waals surface area (Å²) in [6.45, 7) is 1.43. The molecule has 8 nitrogen and oxygen atoms in total. The van der Waals surface area contributed by atoms with Crippen molar-refractivity contribution in [3.8, 4) is 28.4 Å². The summed E-state index contributed by atoms with van der Waals surface area (Å²) in [7, 11) is 6.07. The van der Waals surface area contributed by atoms with Gasteiger partial charge in [0.2, 0.25) is 11.7 Å². The highest BCUT2D eigenvalue weighted by Gasteiger charge is 2.29. The van der Waals surface area contributed by atoms with Gasteiger partial charge in [0.25, 0.3) is 5.91 Å². The zero-order valence-electron chi connectivity index (χ0n) is 18.3. The van der Waals surface area contributed by atoms with Crippen LogP contribution in [0.4, 0.5) is 0 Å². The normalized spacial score (nSPS) is 14.4. The van der Waals surface area contributed by atoms with Crippen molar-refractivity contribution in [2.24, 2.45) is 0 Å². The number of fused-ring (bicyclic) bond motifs is 3. The molecule has 1 unspecified atom stereocenters. The van der Waals surface area contributed by atoms with Crippen LogP contribution in [-0.4, -0.2) is 40.2 Å². The summed E-state index contributed by atoms with van der Waals surface area (Å²) in [6, 6.07) is 6.09. The van der Waals surface area contributed by atoms with E-state index >= 15 is 0 Å². The lowest BCUT2D eigenvalue weighted by Gasteiger charge is -2.19. The summed E-state index contributed by atoms with van der Waals surface area (Å²) in [5.74, 6) is 0.712. The molecule has 3 rings (SSSR count). The molecule has 0 saturated carbocycles. The van der Waals surface area contributed by atoms with E-state index in [1.54, 1.807) is 13.2 Å². The lowest BCUT2D eigenvalue weighted by molar-refractivity contribution is -0.119. The highest BCUT2D eigenvalue weighted by molar-refractivity contribution is 5.94. The maximum atomic E-state index is 12.9. The molecule has 2 N–H and O–H groups in total. The summed E-state index contributed by atoms with van der Waals surface area (Å²) in [5.41, 5.74) is 2.53. The largest absolute Gasteiger partial charge is 0.493 e. The number of carbonyl (C=O) groups excluding carboxylic acids is 2. The van der Waals surface area contributed by atoms with E-state index in [0.717, 1.165) is 11.1 Å². The molecule has 0 radical (unpaired) electrons. The second kappa shape index (κ2) is 9.07. The van der Waals surface area contributed by atoms with E-state index in [1.807, 2.05) is 6.07 Å². The van der Waals surface area contributed by atoms with Crippen LogP contribution in [0.15, 0.2) is 29.1 Å². The van der Waals surface area contributed by atoms with Gasteiger partial charge in [-0.3, -0.25) is 14.4 Å². The molecule has 0 heterocycles. The van der Waals surface area contributed by atoms with E-state index in [2.05, 4.69) is 10.6 Å². The van der Waals surface area contributed by atoms with Crippen molar-refractivity contribution in [1.82, 2.24) is 10.6 Å². The number of hydrogen-bond acceptors (Lipinski definition) is 6. The second-order valence-electron chi connectivity index (χ2n) is 7.17. The van der Waals surface area contributed by atoms with E-state index in [9.17, 15) is 14.4 Å². The molecule has 1 aliphatic carbocycles. The predicted octanol–water partition coefficient (Wildman–Crippen LogP) is 2.22. The lowest BCUT2D eigenvalue weighted by Crippen LogP contribution is -2.27. The van der Waals surface area contributed by atoms with Crippen molar-refractivity contribution in [3.63, 3.8) is 0 Å². The Labute approximate surface area is 180 Å². The molecule has 1 atom stereocenters. The van der Waals surface area contributed by atoms with Gasteiger partial charge in [0.05, 0.1) is 32.9 Å². The van der Waals surface area contributed by atoms with Gasteiger partial charge in [0.15, 0.2) is 16.9 Å². The van der Waals surface area contributed by atoms with E-state index in [-0.39, 0.29) is 11.5 Å². The van der Waals surface area contributed by atoms with Crippen LogP contribution in [0.5, 0.6) is 17.2 Å². The van der Waals surface area contributed by atoms with Gasteiger partial charge in [-0.05, 0) is 47.7 Å². The van der Waals surface area contributed by atoms with Crippen molar-refractivity contribution in [3.05, 3.63) is 51.2 Å². The molecule has 164 valence electrons. The minimum Gasteiger partial charge on any atom is -0.493 e. The van der Waals surface area contributed by atoms with Crippen LogP contribution >= 0.6 is 0 Å². The van der Waals surface area contributed by atoms with Gasteiger partial charge in [-0.15, -0.1) is 0 Å². The fraction of sp³-hybridized carbons (Fsp3) is 0.348. The first-order chi connectivity index (χ1) is 14.9. The van der Waals surface area contributed by atoms with Gasteiger partial charge in [-0.2, -0.15) is 0 Å². The first-order valence-corrected chi connectivity index (χ1v) is 9.85. The Balaban J connectivity index is 2.43. The topological polar surface area (TPSA) is 103 Å². The van der Waals surface area contributed by atoms with Crippen molar-refractivity contribution < 1.29 is 23.8 Å². The van der Waals surface area contributed by atoms with Crippen LogP contribution in [0, 0.1) is 0 Å². The molecule has 1 aliphatic rings. The standard InChI is InChI=1S/C23H26N2O6/c1-12(26)25-17-9-6-13-10-19(29-3)21(30-4)22(31-5)20(13)14-7-8-15(23(28)24-2)18(27)11-16(14)17/h7-8,10-11,17H,6,9H2,1-5H3,(H,24,28)(H,25,26). The Morgan fingerprint density at radius 2 is 1.74 bits per heavy atom. The van der Waals surface area contributed by atoms with Gasteiger partial charge in [0, 0.05) is 19.5 Å². The summed E-state index contributed by atoms with van der Waals surface area (Å²) in [6.07, 6.45) is 1.16. The van der Waals surface area contributed by atoms with E-state index in [4.69, 9.17) is 14.2 Å². The Bertz CT molecular complexity index is 1100. The number of carbonyl (C=O) groups is 2. The molecular weight excluding hydrogens is 400 g/mol. The zero-order valence-corrected chi connectivity index (χ0v) is 18.3. The maximum Gasteiger partial charge on any atom is 0.254 e. The van der Waals surface area contributed by atoms with Crippen molar-refractivity contribution in [1.29, 1.82) is 0 Å². The number of hydrogen-bond donors (Lipinski definition) is 2. The van der Waals surface area contributed by atoms with Crippen LogP contribution < -0.4 is 30.3 Å². The molecule has 2 aromatic carbocycles.